The molecule has 1 saturated heterocycles. The van der Waals surface area contributed by atoms with Crippen LogP contribution in [0.2, 0.25) is 0 Å². The number of morpholine rings is 1. The molecule has 0 spiro atoms. The molecule has 1 heterocycles. The van der Waals surface area contributed by atoms with Crippen LogP contribution >= 0.6 is 0 Å². The lowest BCUT2D eigenvalue weighted by Gasteiger charge is -2.40. The minimum absolute atomic E-state index is 0.0404. The minimum atomic E-state index is -0.361. The number of benzene rings is 2. The Balaban J connectivity index is 1.99. The Morgan fingerprint density at radius 2 is 2.04 bits per heavy atom. The van der Waals surface area contributed by atoms with Crippen molar-refractivity contribution in [3.63, 3.8) is 0 Å². The molecule has 1 fully saturated rings. The number of aromatic hydroxyl groups is 1. The van der Waals surface area contributed by atoms with Gasteiger partial charge in [-0.3, -0.25) is 0 Å². The lowest BCUT2D eigenvalue weighted by molar-refractivity contribution is -0.0196. The number of ether oxygens (including phenoxy) is 1. The molecule has 0 saturated carbocycles. The quantitative estimate of drug-likeness (QED) is 0.911. The standard InChI is InChI=1S/C19H22FNO2/c1-19(15-5-3-2-4-6-15,18-13-21-9-10-23-18)12-14-11-16(20)7-8-17(14)22/h2-8,11,18,21-22H,9-10,12-13H2,1H3. The van der Waals surface area contributed by atoms with Gasteiger partial charge in [-0.2, -0.15) is 0 Å². The second kappa shape index (κ2) is 6.69. The summed E-state index contributed by atoms with van der Waals surface area (Å²) in [6, 6.07) is 14.2. The number of rotatable bonds is 4. The van der Waals surface area contributed by atoms with Crippen molar-refractivity contribution in [3.8, 4) is 5.75 Å². The zero-order chi connectivity index (χ0) is 16.3. The van der Waals surface area contributed by atoms with Gasteiger partial charge < -0.3 is 15.2 Å². The highest BCUT2D eigenvalue weighted by molar-refractivity contribution is 5.37. The maximum atomic E-state index is 13.6. The van der Waals surface area contributed by atoms with Gasteiger partial charge in [-0.25, -0.2) is 4.39 Å². The molecule has 2 unspecified atom stereocenters. The van der Waals surface area contributed by atoms with E-state index in [-0.39, 0.29) is 23.1 Å². The van der Waals surface area contributed by atoms with Gasteiger partial charge in [0.2, 0.25) is 0 Å². The van der Waals surface area contributed by atoms with Crippen molar-refractivity contribution < 1.29 is 14.2 Å². The van der Waals surface area contributed by atoms with Crippen LogP contribution in [0.4, 0.5) is 4.39 Å². The number of phenolic OH excluding ortho intramolecular Hbond substituents is 1. The smallest absolute Gasteiger partial charge is 0.123 e. The zero-order valence-electron chi connectivity index (χ0n) is 13.3. The van der Waals surface area contributed by atoms with Crippen LogP contribution in [0.5, 0.6) is 5.75 Å². The molecule has 0 bridgehead atoms. The van der Waals surface area contributed by atoms with Crippen molar-refractivity contribution >= 4 is 0 Å². The maximum absolute atomic E-state index is 13.6. The molecule has 3 nitrogen and oxygen atoms in total. The predicted molar refractivity (Wildman–Crippen MR) is 88.2 cm³/mol. The second-order valence-corrected chi connectivity index (χ2v) is 6.30. The van der Waals surface area contributed by atoms with E-state index in [1.165, 1.54) is 18.2 Å². The average molecular weight is 315 g/mol. The molecular formula is C19H22FNO2. The van der Waals surface area contributed by atoms with E-state index in [1.54, 1.807) is 0 Å². The number of halogens is 1. The van der Waals surface area contributed by atoms with Crippen molar-refractivity contribution in [2.75, 3.05) is 19.7 Å². The van der Waals surface area contributed by atoms with Crippen molar-refractivity contribution in [2.24, 2.45) is 0 Å². The monoisotopic (exact) mass is 315 g/mol. The molecule has 1 aliphatic rings. The second-order valence-electron chi connectivity index (χ2n) is 6.30. The fraction of sp³-hybridized carbons (Fsp3) is 0.368. The van der Waals surface area contributed by atoms with E-state index < -0.39 is 0 Å². The normalized spacial score (nSPS) is 20.9. The summed E-state index contributed by atoms with van der Waals surface area (Å²) in [5.41, 5.74) is 1.36. The molecule has 2 N–H and O–H groups in total. The predicted octanol–water partition coefficient (Wildman–Crippen LogP) is 3.02. The van der Waals surface area contributed by atoms with Gasteiger partial charge in [0, 0.05) is 18.5 Å². The summed E-state index contributed by atoms with van der Waals surface area (Å²) >= 11 is 0. The molecule has 2 aromatic rings. The Labute approximate surface area is 136 Å². The Kier molecular flexibility index (Phi) is 4.64. The summed E-state index contributed by atoms with van der Waals surface area (Å²) in [6.07, 6.45) is 0.466. The van der Waals surface area contributed by atoms with Crippen LogP contribution < -0.4 is 5.32 Å². The maximum Gasteiger partial charge on any atom is 0.123 e. The molecular weight excluding hydrogens is 293 g/mol. The first-order chi connectivity index (χ1) is 11.1. The SMILES string of the molecule is CC(Cc1cc(F)ccc1O)(c1ccccc1)C1CNCCO1. The van der Waals surface area contributed by atoms with Gasteiger partial charge >= 0.3 is 0 Å². The highest BCUT2D eigenvalue weighted by atomic mass is 19.1. The third-order valence-corrected chi connectivity index (χ3v) is 4.67. The highest BCUT2D eigenvalue weighted by Crippen LogP contribution is 2.36. The minimum Gasteiger partial charge on any atom is -0.508 e. The number of nitrogens with one attached hydrogen (secondary N) is 1. The molecule has 1 aliphatic heterocycles. The van der Waals surface area contributed by atoms with Crippen LogP contribution in [0.1, 0.15) is 18.1 Å². The van der Waals surface area contributed by atoms with Gasteiger partial charge in [-0.1, -0.05) is 37.3 Å². The Morgan fingerprint density at radius 1 is 1.26 bits per heavy atom. The van der Waals surface area contributed by atoms with E-state index in [4.69, 9.17) is 4.74 Å². The summed E-state index contributed by atoms with van der Waals surface area (Å²) in [5.74, 6) is -0.215. The lowest BCUT2D eigenvalue weighted by Crippen LogP contribution is -2.51. The zero-order valence-corrected chi connectivity index (χ0v) is 13.3. The molecule has 0 aromatic heterocycles. The Hall–Kier alpha value is -1.91. The van der Waals surface area contributed by atoms with Crippen LogP contribution in [0, 0.1) is 5.82 Å². The van der Waals surface area contributed by atoms with E-state index in [2.05, 4.69) is 24.4 Å². The fourth-order valence-corrected chi connectivity index (χ4v) is 3.29. The molecule has 23 heavy (non-hydrogen) atoms. The van der Waals surface area contributed by atoms with E-state index in [0.717, 1.165) is 18.7 Å². The van der Waals surface area contributed by atoms with Gasteiger partial charge in [-0.05, 0) is 35.7 Å². The van der Waals surface area contributed by atoms with Gasteiger partial charge in [0.05, 0.1) is 12.7 Å². The summed E-state index contributed by atoms with van der Waals surface area (Å²) in [7, 11) is 0. The Bertz CT molecular complexity index is 656. The van der Waals surface area contributed by atoms with E-state index >= 15 is 0 Å². The third kappa shape index (κ3) is 3.38. The summed E-state index contributed by atoms with van der Waals surface area (Å²) in [4.78, 5) is 0. The van der Waals surface area contributed by atoms with Crippen molar-refractivity contribution in [2.45, 2.75) is 24.9 Å². The van der Waals surface area contributed by atoms with Gasteiger partial charge in [0.25, 0.3) is 0 Å². The third-order valence-electron chi connectivity index (χ3n) is 4.67. The first kappa shape index (κ1) is 16.0. The topological polar surface area (TPSA) is 41.5 Å². The first-order valence-electron chi connectivity index (χ1n) is 7.95. The largest absolute Gasteiger partial charge is 0.508 e. The van der Waals surface area contributed by atoms with Gasteiger partial charge in [-0.15, -0.1) is 0 Å². The fourth-order valence-electron chi connectivity index (χ4n) is 3.29. The van der Waals surface area contributed by atoms with E-state index in [0.29, 0.717) is 18.6 Å². The molecule has 0 aliphatic carbocycles. The first-order valence-corrected chi connectivity index (χ1v) is 7.95. The Morgan fingerprint density at radius 3 is 2.74 bits per heavy atom. The van der Waals surface area contributed by atoms with E-state index in [1.807, 2.05) is 18.2 Å². The summed E-state index contributed by atoms with van der Waals surface area (Å²) in [6.45, 7) is 4.35. The van der Waals surface area contributed by atoms with Crippen LogP contribution in [0.15, 0.2) is 48.5 Å². The summed E-state index contributed by atoms with van der Waals surface area (Å²) < 4.78 is 19.6. The van der Waals surface area contributed by atoms with Crippen LogP contribution in [0.25, 0.3) is 0 Å². The molecule has 0 amide bonds. The van der Waals surface area contributed by atoms with Crippen molar-refractivity contribution in [1.29, 1.82) is 0 Å². The number of hydrogen-bond donors (Lipinski definition) is 2. The lowest BCUT2D eigenvalue weighted by atomic mass is 9.72. The number of phenols is 1. The molecule has 122 valence electrons. The van der Waals surface area contributed by atoms with E-state index in [9.17, 15) is 9.50 Å². The van der Waals surface area contributed by atoms with Crippen LogP contribution in [0.3, 0.4) is 0 Å². The van der Waals surface area contributed by atoms with Gasteiger partial charge in [0.1, 0.15) is 11.6 Å². The van der Waals surface area contributed by atoms with Crippen LogP contribution in [-0.2, 0) is 16.6 Å². The molecule has 0 radical (unpaired) electrons. The van der Waals surface area contributed by atoms with Crippen molar-refractivity contribution in [3.05, 3.63) is 65.5 Å². The number of hydrogen-bond acceptors (Lipinski definition) is 3. The molecule has 2 aromatic carbocycles. The molecule has 4 heteroatoms. The average Bonchev–Trinajstić information content (AvgIpc) is 2.59. The van der Waals surface area contributed by atoms with Crippen LogP contribution in [-0.4, -0.2) is 30.9 Å². The summed E-state index contributed by atoms with van der Waals surface area (Å²) in [5, 5.41) is 13.5. The highest BCUT2D eigenvalue weighted by Gasteiger charge is 2.38. The molecule has 3 rings (SSSR count). The van der Waals surface area contributed by atoms with Gasteiger partial charge in [0.15, 0.2) is 0 Å². The van der Waals surface area contributed by atoms with Crippen molar-refractivity contribution in [1.82, 2.24) is 5.32 Å². The molecule has 2 atom stereocenters.